The Bertz CT molecular complexity index is 722. The lowest BCUT2D eigenvalue weighted by Gasteiger charge is -2.31. The Labute approximate surface area is 156 Å². The van der Waals surface area contributed by atoms with Gasteiger partial charge in [-0.1, -0.05) is 12.1 Å². The molecule has 4 rings (SSSR count). The summed E-state index contributed by atoms with van der Waals surface area (Å²) in [6.07, 6.45) is 3.20. The second kappa shape index (κ2) is 7.86. The lowest BCUT2D eigenvalue weighted by molar-refractivity contribution is 0.0915. The SMILES string of the molecule is O=C(NC1CCC2NNCC2C1)c1ccccc1SCc1cscn1. The van der Waals surface area contributed by atoms with Crippen molar-refractivity contribution in [1.82, 2.24) is 21.2 Å². The van der Waals surface area contributed by atoms with Crippen LogP contribution in [-0.4, -0.2) is 29.5 Å². The Morgan fingerprint density at radius 1 is 1.36 bits per heavy atom. The molecule has 3 unspecified atom stereocenters. The third-order valence-corrected chi connectivity index (χ3v) is 6.70. The number of thiazole rings is 1. The van der Waals surface area contributed by atoms with E-state index in [0.29, 0.717) is 12.0 Å². The number of carbonyl (C=O) groups excluding carboxylic acids is 1. The van der Waals surface area contributed by atoms with E-state index in [2.05, 4.69) is 26.5 Å². The molecular formula is C18H22N4OS2. The van der Waals surface area contributed by atoms with E-state index in [4.69, 9.17) is 0 Å². The van der Waals surface area contributed by atoms with Crippen molar-refractivity contribution in [2.45, 2.75) is 42.0 Å². The van der Waals surface area contributed by atoms with E-state index >= 15 is 0 Å². The van der Waals surface area contributed by atoms with Gasteiger partial charge in [-0.15, -0.1) is 23.1 Å². The fraction of sp³-hybridized carbons (Fsp3) is 0.444. The molecule has 3 N–H and O–H groups in total. The molecule has 1 saturated heterocycles. The minimum atomic E-state index is 0.0451. The van der Waals surface area contributed by atoms with Crippen LogP contribution in [-0.2, 0) is 5.75 Å². The Balaban J connectivity index is 1.39. The zero-order valence-corrected chi connectivity index (χ0v) is 15.5. The maximum Gasteiger partial charge on any atom is 0.252 e. The summed E-state index contributed by atoms with van der Waals surface area (Å²) in [5.74, 6) is 1.45. The number of hydrogen-bond acceptors (Lipinski definition) is 6. The molecule has 1 aromatic heterocycles. The van der Waals surface area contributed by atoms with Crippen LogP contribution in [0.1, 0.15) is 35.3 Å². The van der Waals surface area contributed by atoms with Crippen LogP contribution >= 0.6 is 23.1 Å². The van der Waals surface area contributed by atoms with Crippen LogP contribution in [0.4, 0.5) is 0 Å². The summed E-state index contributed by atoms with van der Waals surface area (Å²) < 4.78 is 0. The molecule has 1 aliphatic carbocycles. The predicted octanol–water partition coefficient (Wildman–Crippen LogP) is 2.81. The number of aromatic nitrogens is 1. The highest BCUT2D eigenvalue weighted by molar-refractivity contribution is 7.98. The molecule has 1 amide bonds. The lowest BCUT2D eigenvalue weighted by Crippen LogP contribution is -2.44. The quantitative estimate of drug-likeness (QED) is 0.703. The molecule has 1 aromatic carbocycles. The second-order valence-electron chi connectivity index (χ2n) is 6.64. The summed E-state index contributed by atoms with van der Waals surface area (Å²) in [6, 6.07) is 8.70. The van der Waals surface area contributed by atoms with E-state index in [1.807, 2.05) is 29.8 Å². The largest absolute Gasteiger partial charge is 0.349 e. The van der Waals surface area contributed by atoms with E-state index in [1.54, 1.807) is 23.1 Å². The van der Waals surface area contributed by atoms with Crippen LogP contribution in [0.15, 0.2) is 40.1 Å². The van der Waals surface area contributed by atoms with Crippen molar-refractivity contribution < 1.29 is 4.79 Å². The van der Waals surface area contributed by atoms with E-state index in [0.717, 1.165) is 47.7 Å². The summed E-state index contributed by atoms with van der Waals surface area (Å²) in [7, 11) is 0. The topological polar surface area (TPSA) is 66.1 Å². The predicted molar refractivity (Wildman–Crippen MR) is 102 cm³/mol. The highest BCUT2D eigenvalue weighted by Gasteiger charge is 2.34. The molecule has 1 aliphatic heterocycles. The summed E-state index contributed by atoms with van der Waals surface area (Å²) >= 11 is 3.28. The van der Waals surface area contributed by atoms with E-state index < -0.39 is 0 Å². The van der Waals surface area contributed by atoms with E-state index in [-0.39, 0.29) is 11.9 Å². The fourth-order valence-corrected chi connectivity index (χ4v) is 5.25. The first-order chi connectivity index (χ1) is 12.3. The van der Waals surface area contributed by atoms with Crippen molar-refractivity contribution in [2.24, 2.45) is 5.92 Å². The van der Waals surface area contributed by atoms with Crippen LogP contribution in [0, 0.1) is 5.92 Å². The number of benzene rings is 1. The molecule has 2 aliphatic rings. The van der Waals surface area contributed by atoms with Gasteiger partial charge in [0.05, 0.1) is 16.8 Å². The molecule has 2 heterocycles. The van der Waals surface area contributed by atoms with Crippen molar-refractivity contribution in [1.29, 1.82) is 0 Å². The van der Waals surface area contributed by atoms with Gasteiger partial charge < -0.3 is 5.32 Å². The highest BCUT2D eigenvalue weighted by Crippen LogP contribution is 2.29. The first-order valence-corrected chi connectivity index (χ1v) is 10.6. The summed E-state index contributed by atoms with van der Waals surface area (Å²) in [5, 5.41) is 5.31. The molecule has 2 fully saturated rings. The first kappa shape index (κ1) is 17.0. The van der Waals surface area contributed by atoms with Crippen LogP contribution in [0.5, 0.6) is 0 Å². The molecule has 25 heavy (non-hydrogen) atoms. The van der Waals surface area contributed by atoms with Gasteiger partial charge in [0, 0.05) is 34.7 Å². The lowest BCUT2D eigenvalue weighted by atomic mass is 9.83. The summed E-state index contributed by atoms with van der Waals surface area (Å²) in [5.41, 5.74) is 10.2. The van der Waals surface area contributed by atoms with Gasteiger partial charge >= 0.3 is 0 Å². The van der Waals surface area contributed by atoms with Gasteiger partial charge in [-0.2, -0.15) is 0 Å². The van der Waals surface area contributed by atoms with E-state index in [1.165, 1.54) is 0 Å². The Hall–Kier alpha value is -1.41. The second-order valence-corrected chi connectivity index (χ2v) is 8.38. The van der Waals surface area contributed by atoms with Gasteiger partial charge in [-0.3, -0.25) is 15.6 Å². The Kier molecular flexibility index (Phi) is 5.36. The number of nitrogens with zero attached hydrogens (tertiary/aromatic N) is 1. The van der Waals surface area contributed by atoms with Gasteiger partial charge in [0.25, 0.3) is 5.91 Å². The van der Waals surface area contributed by atoms with Crippen LogP contribution < -0.4 is 16.2 Å². The number of hydrogen-bond donors (Lipinski definition) is 3. The van der Waals surface area contributed by atoms with Gasteiger partial charge in [0.15, 0.2) is 0 Å². The van der Waals surface area contributed by atoms with Crippen LogP contribution in [0.3, 0.4) is 0 Å². The summed E-state index contributed by atoms with van der Waals surface area (Å²) in [6.45, 7) is 0.997. The van der Waals surface area contributed by atoms with Crippen LogP contribution in [0.25, 0.3) is 0 Å². The smallest absolute Gasteiger partial charge is 0.252 e. The van der Waals surface area contributed by atoms with Crippen LogP contribution in [0.2, 0.25) is 0 Å². The number of thioether (sulfide) groups is 1. The monoisotopic (exact) mass is 374 g/mol. The molecule has 3 atom stereocenters. The third kappa shape index (κ3) is 4.06. The zero-order valence-electron chi connectivity index (χ0n) is 13.9. The molecular weight excluding hydrogens is 352 g/mol. The number of rotatable bonds is 5. The minimum absolute atomic E-state index is 0.0451. The number of fused-ring (bicyclic) bond motifs is 1. The molecule has 0 spiro atoms. The van der Waals surface area contributed by atoms with Crippen molar-refractivity contribution in [3.8, 4) is 0 Å². The number of carbonyl (C=O) groups is 1. The molecule has 5 nitrogen and oxygen atoms in total. The number of nitrogens with one attached hydrogen (secondary N) is 3. The number of hydrazine groups is 1. The highest BCUT2D eigenvalue weighted by atomic mass is 32.2. The Morgan fingerprint density at radius 2 is 2.28 bits per heavy atom. The molecule has 1 saturated carbocycles. The minimum Gasteiger partial charge on any atom is -0.349 e. The summed E-state index contributed by atoms with van der Waals surface area (Å²) in [4.78, 5) is 18.2. The normalized spacial score (nSPS) is 25.5. The van der Waals surface area contributed by atoms with Crippen molar-refractivity contribution >= 4 is 29.0 Å². The zero-order chi connectivity index (χ0) is 17.1. The standard InChI is InChI=1S/C18H22N4OS2/c23-18(21-13-5-6-16-12(7-13)8-20-22-16)15-3-1-2-4-17(15)25-10-14-9-24-11-19-14/h1-4,9,11-13,16,20,22H,5-8,10H2,(H,21,23). The molecule has 0 radical (unpaired) electrons. The maximum atomic E-state index is 12.8. The first-order valence-electron chi connectivity index (χ1n) is 8.68. The van der Waals surface area contributed by atoms with Gasteiger partial charge in [-0.25, -0.2) is 4.98 Å². The van der Waals surface area contributed by atoms with Crippen molar-refractivity contribution in [2.75, 3.05) is 6.54 Å². The van der Waals surface area contributed by atoms with Crippen molar-refractivity contribution in [3.05, 3.63) is 46.4 Å². The maximum absolute atomic E-state index is 12.8. The number of amides is 1. The average molecular weight is 375 g/mol. The van der Waals surface area contributed by atoms with Gasteiger partial charge in [-0.05, 0) is 37.3 Å². The Morgan fingerprint density at radius 3 is 3.16 bits per heavy atom. The van der Waals surface area contributed by atoms with Gasteiger partial charge in [0.2, 0.25) is 0 Å². The van der Waals surface area contributed by atoms with Gasteiger partial charge in [0.1, 0.15) is 0 Å². The molecule has 7 heteroatoms. The van der Waals surface area contributed by atoms with Crippen molar-refractivity contribution in [3.63, 3.8) is 0 Å². The molecule has 132 valence electrons. The fourth-order valence-electron chi connectivity index (χ4n) is 3.64. The average Bonchev–Trinajstić information content (AvgIpc) is 3.31. The van der Waals surface area contributed by atoms with E-state index in [9.17, 15) is 4.79 Å². The third-order valence-electron chi connectivity index (χ3n) is 4.96. The molecule has 0 bridgehead atoms. The molecule has 2 aromatic rings.